The van der Waals surface area contributed by atoms with Crippen molar-refractivity contribution in [3.63, 3.8) is 0 Å². The van der Waals surface area contributed by atoms with Crippen molar-refractivity contribution in [2.45, 2.75) is 11.0 Å². The first-order valence-electron chi connectivity index (χ1n) is 3.71. The number of hydrogen-bond donors (Lipinski definition) is 1. The highest BCUT2D eigenvalue weighted by molar-refractivity contribution is 7.91. The summed E-state index contributed by atoms with van der Waals surface area (Å²) in [7, 11) is -3.28. The second kappa shape index (κ2) is 2.70. The molecule has 1 aliphatic heterocycles. The molecule has 0 fully saturated rings. The maximum atomic E-state index is 11.4. The van der Waals surface area contributed by atoms with Crippen LogP contribution in [0.1, 0.15) is 11.7 Å². The number of benzene rings is 1. The van der Waals surface area contributed by atoms with E-state index in [-0.39, 0.29) is 10.6 Å². The topological polar surface area (TPSA) is 54.4 Å². The maximum Gasteiger partial charge on any atom is 0.181 e. The van der Waals surface area contributed by atoms with Crippen LogP contribution in [0.25, 0.3) is 0 Å². The van der Waals surface area contributed by atoms with Crippen molar-refractivity contribution >= 4 is 21.4 Å². The number of hydrogen-bond acceptors (Lipinski definition) is 3. The monoisotopic (exact) mass is 218 g/mol. The average Bonchev–Trinajstić information content (AvgIpc) is 2.22. The van der Waals surface area contributed by atoms with E-state index in [0.717, 1.165) is 0 Å². The lowest BCUT2D eigenvalue weighted by atomic mass is 10.1. The number of aliphatic hydroxyl groups is 1. The molecule has 1 aromatic carbocycles. The SMILES string of the molecule is O=S1(=O)CC(O)c2cc(Cl)ccc21. The number of sulfone groups is 1. The summed E-state index contributed by atoms with van der Waals surface area (Å²) in [5.41, 5.74) is 0.410. The molecule has 0 bridgehead atoms. The van der Waals surface area contributed by atoms with Crippen molar-refractivity contribution in [1.82, 2.24) is 0 Å². The summed E-state index contributed by atoms with van der Waals surface area (Å²) < 4.78 is 22.7. The van der Waals surface area contributed by atoms with Gasteiger partial charge in [-0.05, 0) is 18.2 Å². The normalized spacial score (nSPS) is 24.3. The molecule has 0 aliphatic carbocycles. The third kappa shape index (κ3) is 1.35. The molecule has 1 aromatic rings. The molecule has 3 nitrogen and oxygen atoms in total. The molecule has 1 aliphatic rings. The molecule has 1 atom stereocenters. The van der Waals surface area contributed by atoms with Crippen LogP contribution in [0.2, 0.25) is 5.02 Å². The molecule has 0 aromatic heterocycles. The molecular formula is C8H7ClO3S. The van der Waals surface area contributed by atoms with E-state index in [4.69, 9.17) is 11.6 Å². The molecule has 0 saturated carbocycles. The van der Waals surface area contributed by atoms with E-state index in [1.54, 1.807) is 0 Å². The van der Waals surface area contributed by atoms with E-state index in [0.29, 0.717) is 10.6 Å². The summed E-state index contributed by atoms with van der Waals surface area (Å²) >= 11 is 5.68. The average molecular weight is 219 g/mol. The van der Waals surface area contributed by atoms with Crippen LogP contribution in [0.15, 0.2) is 23.1 Å². The summed E-state index contributed by atoms with van der Waals surface area (Å²) in [5.74, 6) is -0.233. The van der Waals surface area contributed by atoms with Crippen molar-refractivity contribution in [2.24, 2.45) is 0 Å². The zero-order chi connectivity index (χ0) is 9.64. The largest absolute Gasteiger partial charge is 0.387 e. The highest BCUT2D eigenvalue weighted by atomic mass is 35.5. The van der Waals surface area contributed by atoms with Crippen LogP contribution in [-0.4, -0.2) is 19.3 Å². The number of halogens is 1. The Hall–Kier alpha value is -0.580. The lowest BCUT2D eigenvalue weighted by Crippen LogP contribution is -2.01. The van der Waals surface area contributed by atoms with Crippen LogP contribution in [0.4, 0.5) is 0 Å². The molecule has 0 spiro atoms. The number of aliphatic hydroxyl groups excluding tert-OH is 1. The number of rotatable bonds is 0. The van der Waals surface area contributed by atoms with Gasteiger partial charge in [0.15, 0.2) is 9.84 Å². The molecular weight excluding hydrogens is 212 g/mol. The van der Waals surface area contributed by atoms with Gasteiger partial charge in [-0.2, -0.15) is 0 Å². The third-order valence-electron chi connectivity index (χ3n) is 2.04. The molecule has 1 heterocycles. The van der Waals surface area contributed by atoms with Gasteiger partial charge in [0.05, 0.1) is 16.8 Å². The minimum atomic E-state index is -3.28. The van der Waals surface area contributed by atoms with Gasteiger partial charge >= 0.3 is 0 Å². The lowest BCUT2D eigenvalue weighted by molar-refractivity contribution is 0.204. The fraction of sp³-hybridized carbons (Fsp3) is 0.250. The molecule has 70 valence electrons. The molecule has 5 heteroatoms. The van der Waals surface area contributed by atoms with E-state index in [9.17, 15) is 13.5 Å². The van der Waals surface area contributed by atoms with Crippen molar-refractivity contribution in [3.05, 3.63) is 28.8 Å². The summed E-state index contributed by atoms with van der Waals surface area (Å²) in [6.07, 6.45) is -0.932. The van der Waals surface area contributed by atoms with Gasteiger partial charge in [0.1, 0.15) is 0 Å². The van der Waals surface area contributed by atoms with E-state index in [1.165, 1.54) is 18.2 Å². The van der Waals surface area contributed by atoms with Gasteiger partial charge in [0.25, 0.3) is 0 Å². The smallest absolute Gasteiger partial charge is 0.181 e. The predicted octanol–water partition coefficient (Wildman–Crippen LogP) is 1.16. The fourth-order valence-electron chi connectivity index (χ4n) is 1.45. The third-order valence-corrected chi connectivity index (χ3v) is 4.07. The second-order valence-electron chi connectivity index (χ2n) is 2.98. The quantitative estimate of drug-likeness (QED) is 0.711. The molecule has 0 radical (unpaired) electrons. The number of fused-ring (bicyclic) bond motifs is 1. The van der Waals surface area contributed by atoms with Gasteiger partial charge in [-0.25, -0.2) is 8.42 Å². The molecule has 0 amide bonds. The zero-order valence-corrected chi connectivity index (χ0v) is 8.14. The molecule has 1 N–H and O–H groups in total. The van der Waals surface area contributed by atoms with E-state index >= 15 is 0 Å². The summed E-state index contributed by atoms with van der Waals surface area (Å²) in [4.78, 5) is 0.199. The first-order chi connectivity index (χ1) is 6.00. The minimum absolute atomic E-state index is 0.199. The Kier molecular flexibility index (Phi) is 1.87. The van der Waals surface area contributed by atoms with Crippen molar-refractivity contribution in [1.29, 1.82) is 0 Å². The molecule has 13 heavy (non-hydrogen) atoms. The van der Waals surface area contributed by atoms with Crippen molar-refractivity contribution < 1.29 is 13.5 Å². The van der Waals surface area contributed by atoms with E-state index < -0.39 is 15.9 Å². The van der Waals surface area contributed by atoms with Crippen LogP contribution in [0.3, 0.4) is 0 Å². The molecule has 1 unspecified atom stereocenters. The van der Waals surface area contributed by atoms with Crippen molar-refractivity contribution in [2.75, 3.05) is 5.75 Å². The zero-order valence-electron chi connectivity index (χ0n) is 6.57. The van der Waals surface area contributed by atoms with Gasteiger partial charge in [0.2, 0.25) is 0 Å². The Morgan fingerprint density at radius 3 is 2.85 bits per heavy atom. The summed E-state index contributed by atoms with van der Waals surface area (Å²) in [6.45, 7) is 0. The highest BCUT2D eigenvalue weighted by Crippen LogP contribution is 2.34. The van der Waals surface area contributed by atoms with Crippen molar-refractivity contribution in [3.8, 4) is 0 Å². The van der Waals surface area contributed by atoms with E-state index in [2.05, 4.69) is 0 Å². The summed E-state index contributed by atoms with van der Waals surface area (Å²) in [6, 6.07) is 4.44. The minimum Gasteiger partial charge on any atom is -0.387 e. The van der Waals surface area contributed by atoms with Crippen LogP contribution < -0.4 is 0 Å². The Balaban J connectivity index is 2.73. The highest BCUT2D eigenvalue weighted by Gasteiger charge is 2.33. The Bertz CT molecular complexity index is 452. The Labute approximate surface area is 80.9 Å². The predicted molar refractivity (Wildman–Crippen MR) is 48.5 cm³/mol. The van der Waals surface area contributed by atoms with Crippen LogP contribution in [0, 0.1) is 0 Å². The first-order valence-corrected chi connectivity index (χ1v) is 5.74. The van der Waals surface area contributed by atoms with Gasteiger partial charge in [0, 0.05) is 10.6 Å². The van der Waals surface area contributed by atoms with Gasteiger partial charge in [-0.3, -0.25) is 0 Å². The second-order valence-corrected chi connectivity index (χ2v) is 5.42. The van der Waals surface area contributed by atoms with Gasteiger partial charge in [-0.15, -0.1) is 0 Å². The van der Waals surface area contributed by atoms with Crippen LogP contribution in [-0.2, 0) is 9.84 Å². The lowest BCUT2D eigenvalue weighted by Gasteiger charge is -2.00. The fourth-order valence-corrected chi connectivity index (χ4v) is 3.24. The van der Waals surface area contributed by atoms with Crippen LogP contribution in [0.5, 0.6) is 0 Å². The Morgan fingerprint density at radius 1 is 1.46 bits per heavy atom. The van der Waals surface area contributed by atoms with Gasteiger partial charge < -0.3 is 5.11 Å². The standard InChI is InChI=1S/C8H7ClO3S/c9-5-1-2-8-6(3-5)7(10)4-13(8,11)12/h1-3,7,10H,4H2. The molecule has 0 saturated heterocycles. The van der Waals surface area contributed by atoms with E-state index in [1.807, 2.05) is 0 Å². The van der Waals surface area contributed by atoms with Crippen LogP contribution >= 0.6 is 11.6 Å². The summed E-state index contributed by atoms with van der Waals surface area (Å²) in [5, 5.41) is 9.84. The maximum absolute atomic E-state index is 11.4. The Morgan fingerprint density at radius 2 is 2.15 bits per heavy atom. The van der Waals surface area contributed by atoms with Gasteiger partial charge in [-0.1, -0.05) is 11.6 Å². The molecule has 2 rings (SSSR count). The first kappa shape index (κ1) is 8.99.